The van der Waals surface area contributed by atoms with E-state index >= 15 is 0 Å². The van der Waals surface area contributed by atoms with Crippen LogP contribution >= 0.6 is 0 Å². The number of para-hydroxylation sites is 2. The molecule has 0 spiro atoms. The van der Waals surface area contributed by atoms with Crippen LogP contribution in [0.2, 0.25) is 0 Å². The zero-order chi connectivity index (χ0) is 15.1. The van der Waals surface area contributed by atoms with Crippen molar-refractivity contribution >= 4 is 11.6 Å². The summed E-state index contributed by atoms with van der Waals surface area (Å²) in [7, 11) is 0. The predicted molar refractivity (Wildman–Crippen MR) is 80.8 cm³/mol. The van der Waals surface area contributed by atoms with Crippen LogP contribution in [0.15, 0.2) is 42.5 Å². The maximum absolute atomic E-state index is 12.9. The Bertz CT molecular complexity index is 743. The van der Waals surface area contributed by atoms with E-state index in [9.17, 15) is 4.79 Å². The third-order valence-electron chi connectivity index (χ3n) is 3.88. The summed E-state index contributed by atoms with van der Waals surface area (Å²) in [5.74, 6) is 1.95. The summed E-state index contributed by atoms with van der Waals surface area (Å²) in [4.78, 5) is 14.7. The number of benzene rings is 2. The molecule has 0 bridgehead atoms. The van der Waals surface area contributed by atoms with Crippen LogP contribution in [0.4, 0.5) is 5.69 Å². The number of rotatable bonds is 1. The van der Waals surface area contributed by atoms with E-state index in [4.69, 9.17) is 14.2 Å². The van der Waals surface area contributed by atoms with Crippen LogP contribution in [-0.2, 0) is 0 Å². The second-order valence-electron chi connectivity index (χ2n) is 5.37. The molecule has 5 heteroatoms. The first-order valence-corrected chi connectivity index (χ1v) is 7.19. The lowest BCUT2D eigenvalue weighted by atomic mass is 10.1. The third-order valence-corrected chi connectivity index (χ3v) is 3.88. The van der Waals surface area contributed by atoms with Crippen molar-refractivity contribution in [2.45, 2.75) is 13.0 Å². The van der Waals surface area contributed by atoms with Gasteiger partial charge in [-0.2, -0.15) is 0 Å². The van der Waals surface area contributed by atoms with Gasteiger partial charge in [-0.15, -0.1) is 0 Å². The predicted octanol–water partition coefficient (Wildman–Crippen LogP) is 2.84. The Morgan fingerprint density at radius 3 is 2.77 bits per heavy atom. The largest absolute Gasteiger partial charge is 0.489 e. The second kappa shape index (κ2) is 4.94. The second-order valence-corrected chi connectivity index (χ2v) is 5.37. The van der Waals surface area contributed by atoms with Crippen LogP contribution in [0.1, 0.15) is 17.3 Å². The van der Waals surface area contributed by atoms with E-state index in [-0.39, 0.29) is 18.7 Å². The maximum Gasteiger partial charge on any atom is 0.258 e. The van der Waals surface area contributed by atoms with Crippen LogP contribution in [0.5, 0.6) is 17.2 Å². The molecular weight excluding hydrogens is 282 g/mol. The summed E-state index contributed by atoms with van der Waals surface area (Å²) < 4.78 is 16.3. The summed E-state index contributed by atoms with van der Waals surface area (Å²) in [6.45, 7) is 2.65. The fraction of sp³-hybridized carbons (Fsp3) is 0.235. The monoisotopic (exact) mass is 297 g/mol. The van der Waals surface area contributed by atoms with Crippen molar-refractivity contribution in [2.24, 2.45) is 0 Å². The molecular formula is C17H15NO4. The summed E-state index contributed by atoms with van der Waals surface area (Å²) >= 11 is 0. The van der Waals surface area contributed by atoms with Gasteiger partial charge in [0.2, 0.25) is 6.79 Å². The van der Waals surface area contributed by atoms with Crippen molar-refractivity contribution in [3.05, 3.63) is 48.0 Å². The van der Waals surface area contributed by atoms with E-state index in [0.29, 0.717) is 23.7 Å². The highest BCUT2D eigenvalue weighted by Gasteiger charge is 2.30. The smallest absolute Gasteiger partial charge is 0.258 e. The van der Waals surface area contributed by atoms with E-state index in [1.807, 2.05) is 31.2 Å². The average Bonchev–Trinajstić information content (AvgIpc) is 3.01. The van der Waals surface area contributed by atoms with Crippen molar-refractivity contribution in [3.63, 3.8) is 0 Å². The molecule has 0 fully saturated rings. The third kappa shape index (κ3) is 1.97. The molecule has 4 rings (SSSR count). The van der Waals surface area contributed by atoms with Crippen molar-refractivity contribution in [2.75, 3.05) is 18.3 Å². The molecule has 1 amide bonds. The Hall–Kier alpha value is -2.69. The minimum Gasteiger partial charge on any atom is -0.489 e. The number of carbonyl (C=O) groups excluding carboxylic acids is 1. The Morgan fingerprint density at radius 2 is 1.86 bits per heavy atom. The SMILES string of the molecule is CC1COc2ccccc2N1C(=O)c1ccc2c(c1)OCO2. The van der Waals surface area contributed by atoms with Crippen LogP contribution in [-0.4, -0.2) is 25.3 Å². The summed E-state index contributed by atoms with van der Waals surface area (Å²) in [6, 6.07) is 12.8. The Kier molecular flexibility index (Phi) is 2.92. The minimum absolute atomic E-state index is 0.0344. The highest BCUT2D eigenvalue weighted by molar-refractivity contribution is 6.07. The summed E-state index contributed by atoms with van der Waals surface area (Å²) in [5.41, 5.74) is 1.37. The van der Waals surface area contributed by atoms with Crippen LogP contribution in [0, 0.1) is 0 Å². The molecule has 0 saturated carbocycles. The zero-order valence-electron chi connectivity index (χ0n) is 12.1. The fourth-order valence-corrected chi connectivity index (χ4v) is 2.78. The maximum atomic E-state index is 12.9. The van der Waals surface area contributed by atoms with Crippen LogP contribution in [0.25, 0.3) is 0 Å². The fourth-order valence-electron chi connectivity index (χ4n) is 2.78. The molecule has 1 atom stereocenters. The Morgan fingerprint density at radius 1 is 1.05 bits per heavy atom. The minimum atomic E-state index is -0.0680. The van der Waals surface area contributed by atoms with Gasteiger partial charge in [0.15, 0.2) is 11.5 Å². The number of nitrogens with zero attached hydrogens (tertiary/aromatic N) is 1. The highest BCUT2D eigenvalue weighted by atomic mass is 16.7. The molecule has 2 aromatic rings. The van der Waals surface area contributed by atoms with E-state index in [0.717, 1.165) is 11.4 Å². The number of anilines is 1. The molecule has 2 heterocycles. The number of carbonyl (C=O) groups is 1. The number of ether oxygens (including phenoxy) is 3. The molecule has 0 N–H and O–H groups in total. The molecule has 2 aliphatic rings. The zero-order valence-corrected chi connectivity index (χ0v) is 12.1. The number of hydrogen-bond acceptors (Lipinski definition) is 4. The molecule has 1 unspecified atom stereocenters. The van der Waals surface area contributed by atoms with Gasteiger partial charge in [-0.1, -0.05) is 12.1 Å². The summed E-state index contributed by atoms with van der Waals surface area (Å²) in [5, 5.41) is 0. The molecule has 0 radical (unpaired) electrons. The van der Waals surface area contributed by atoms with Crippen LogP contribution in [0.3, 0.4) is 0 Å². The van der Waals surface area contributed by atoms with E-state index < -0.39 is 0 Å². The molecule has 2 aromatic carbocycles. The van der Waals surface area contributed by atoms with Gasteiger partial charge in [-0.05, 0) is 37.3 Å². The number of hydrogen-bond donors (Lipinski definition) is 0. The quantitative estimate of drug-likeness (QED) is 0.812. The van der Waals surface area contributed by atoms with Crippen molar-refractivity contribution < 1.29 is 19.0 Å². The molecule has 0 aliphatic carbocycles. The van der Waals surface area contributed by atoms with Crippen molar-refractivity contribution in [1.29, 1.82) is 0 Å². The average molecular weight is 297 g/mol. The first-order valence-electron chi connectivity index (χ1n) is 7.19. The number of amides is 1. The van der Waals surface area contributed by atoms with Gasteiger partial charge >= 0.3 is 0 Å². The first-order chi connectivity index (χ1) is 10.7. The first kappa shape index (κ1) is 13.0. The van der Waals surface area contributed by atoms with Gasteiger partial charge in [0.25, 0.3) is 5.91 Å². The van der Waals surface area contributed by atoms with Gasteiger partial charge in [0.1, 0.15) is 12.4 Å². The lowest BCUT2D eigenvalue weighted by molar-refractivity contribution is 0.0960. The van der Waals surface area contributed by atoms with Gasteiger partial charge < -0.3 is 14.2 Å². The Labute approximate surface area is 128 Å². The lowest BCUT2D eigenvalue weighted by Gasteiger charge is -2.35. The molecule has 2 aliphatic heterocycles. The van der Waals surface area contributed by atoms with Crippen molar-refractivity contribution in [1.82, 2.24) is 0 Å². The molecule has 5 nitrogen and oxygen atoms in total. The lowest BCUT2D eigenvalue weighted by Crippen LogP contribution is -2.45. The number of fused-ring (bicyclic) bond motifs is 2. The topological polar surface area (TPSA) is 48.0 Å². The standard InChI is InChI=1S/C17H15NO4/c1-11-9-20-14-5-3-2-4-13(14)18(11)17(19)12-6-7-15-16(8-12)22-10-21-15/h2-8,11H,9-10H2,1H3. The van der Waals surface area contributed by atoms with E-state index in [1.54, 1.807) is 23.1 Å². The van der Waals surface area contributed by atoms with Gasteiger partial charge in [-0.25, -0.2) is 0 Å². The normalized spacial score (nSPS) is 18.6. The summed E-state index contributed by atoms with van der Waals surface area (Å²) in [6.07, 6.45) is 0. The van der Waals surface area contributed by atoms with Gasteiger partial charge in [-0.3, -0.25) is 9.69 Å². The Balaban J connectivity index is 1.73. The molecule has 0 saturated heterocycles. The highest BCUT2D eigenvalue weighted by Crippen LogP contribution is 2.37. The van der Waals surface area contributed by atoms with Gasteiger partial charge in [0, 0.05) is 5.56 Å². The van der Waals surface area contributed by atoms with Gasteiger partial charge in [0.05, 0.1) is 11.7 Å². The molecule has 0 aromatic heterocycles. The van der Waals surface area contributed by atoms with Crippen LogP contribution < -0.4 is 19.1 Å². The van der Waals surface area contributed by atoms with Crippen molar-refractivity contribution in [3.8, 4) is 17.2 Å². The molecule has 112 valence electrons. The molecule has 22 heavy (non-hydrogen) atoms. The van der Waals surface area contributed by atoms with E-state index in [2.05, 4.69) is 0 Å². The van der Waals surface area contributed by atoms with E-state index in [1.165, 1.54) is 0 Å².